The van der Waals surface area contributed by atoms with Crippen LogP contribution in [0.1, 0.15) is 44.1 Å². The number of thiophene rings is 1. The van der Waals surface area contributed by atoms with Gasteiger partial charge in [-0.05, 0) is 47.2 Å². The van der Waals surface area contributed by atoms with E-state index in [9.17, 15) is 14.4 Å². The van der Waals surface area contributed by atoms with Crippen LogP contribution in [0.25, 0.3) is 10.2 Å². The Morgan fingerprint density at radius 3 is 2.47 bits per heavy atom. The van der Waals surface area contributed by atoms with Crippen LogP contribution in [0.15, 0.2) is 52.6 Å². The molecule has 0 saturated heterocycles. The van der Waals surface area contributed by atoms with E-state index >= 15 is 0 Å². The van der Waals surface area contributed by atoms with E-state index in [4.69, 9.17) is 33.0 Å². The molecule has 34 heavy (non-hydrogen) atoms. The fourth-order valence-electron chi connectivity index (χ4n) is 3.34. The molecule has 0 bridgehead atoms. The second-order valence-corrected chi connectivity index (χ2v) is 9.19. The molecule has 4 rings (SSSR count). The molecule has 0 atom stereocenters. The van der Waals surface area contributed by atoms with Gasteiger partial charge in [-0.2, -0.15) is 0 Å². The Labute approximate surface area is 207 Å². The summed E-state index contributed by atoms with van der Waals surface area (Å²) >= 11 is 13.2. The Kier molecular flexibility index (Phi) is 7.43. The molecule has 0 fully saturated rings. The summed E-state index contributed by atoms with van der Waals surface area (Å²) in [6, 6.07) is 11.6. The number of Topliss-reactive ketones (excluding diaryl/α,β-unsaturated/α-hetero) is 1. The summed E-state index contributed by atoms with van der Waals surface area (Å²) in [5, 5.41) is 12.0. The van der Waals surface area contributed by atoms with E-state index in [0.717, 1.165) is 11.1 Å². The maximum absolute atomic E-state index is 12.7. The molecule has 0 aliphatic rings. The third-order valence-corrected chi connectivity index (χ3v) is 6.80. The minimum Gasteiger partial charge on any atom is -0.478 e. The minimum atomic E-state index is -0.990. The lowest BCUT2D eigenvalue weighted by Gasteiger charge is -2.05. The van der Waals surface area contributed by atoms with Crippen molar-refractivity contribution in [3.05, 3.63) is 96.3 Å². The zero-order valence-corrected chi connectivity index (χ0v) is 20.0. The lowest BCUT2D eigenvalue weighted by Crippen LogP contribution is -2.16. The van der Waals surface area contributed by atoms with E-state index < -0.39 is 11.5 Å². The number of carbonyl (C=O) groups is 2. The first-order valence-electron chi connectivity index (χ1n) is 10.2. The number of benzene rings is 2. The van der Waals surface area contributed by atoms with Crippen LogP contribution in [-0.4, -0.2) is 26.8 Å². The Balaban J connectivity index is 1.41. The Hall–Kier alpha value is -3.04. The summed E-state index contributed by atoms with van der Waals surface area (Å²) < 4.78 is 5.70. The first kappa shape index (κ1) is 24.1. The van der Waals surface area contributed by atoms with Gasteiger partial charge >= 0.3 is 5.97 Å². The van der Waals surface area contributed by atoms with Gasteiger partial charge in [-0.3, -0.25) is 9.59 Å². The number of aromatic nitrogens is 2. The summed E-state index contributed by atoms with van der Waals surface area (Å²) in [6.45, 7) is 0.434. The zero-order valence-electron chi connectivity index (χ0n) is 17.6. The van der Waals surface area contributed by atoms with Gasteiger partial charge in [0.05, 0.1) is 34.2 Å². The van der Waals surface area contributed by atoms with Crippen molar-refractivity contribution in [1.82, 2.24) is 9.97 Å². The van der Waals surface area contributed by atoms with Gasteiger partial charge in [0.15, 0.2) is 11.6 Å². The van der Waals surface area contributed by atoms with E-state index in [2.05, 4.69) is 9.97 Å². The number of nitrogens with one attached hydrogen (secondary N) is 1. The summed E-state index contributed by atoms with van der Waals surface area (Å²) in [4.78, 5) is 43.6. The van der Waals surface area contributed by atoms with E-state index in [0.29, 0.717) is 32.2 Å². The van der Waals surface area contributed by atoms with Crippen LogP contribution in [0.5, 0.6) is 0 Å². The molecule has 2 heterocycles. The second-order valence-electron chi connectivity index (χ2n) is 7.52. The quantitative estimate of drug-likeness (QED) is 0.283. The number of halogens is 2. The molecular formula is C24H18Cl2N2O5S. The highest BCUT2D eigenvalue weighted by Crippen LogP contribution is 2.24. The number of aromatic amines is 1. The predicted octanol–water partition coefficient (Wildman–Crippen LogP) is 5.52. The lowest BCUT2D eigenvalue weighted by atomic mass is 10.1. The Morgan fingerprint density at radius 2 is 1.76 bits per heavy atom. The minimum absolute atomic E-state index is 0.0189. The predicted molar refractivity (Wildman–Crippen MR) is 131 cm³/mol. The average Bonchev–Trinajstić information content (AvgIpc) is 3.23. The smallest absolute Gasteiger partial charge is 0.335 e. The maximum atomic E-state index is 12.7. The molecule has 0 radical (unpaired) electrons. The molecular weight excluding hydrogens is 499 g/mol. The number of hydrogen-bond acceptors (Lipinski definition) is 6. The first-order chi connectivity index (χ1) is 16.3. The van der Waals surface area contributed by atoms with Gasteiger partial charge in [0.2, 0.25) is 0 Å². The number of ketones is 1. The number of carbonyl (C=O) groups excluding carboxylic acids is 1. The number of aryl methyl sites for hydroxylation is 1. The van der Waals surface area contributed by atoms with Gasteiger partial charge in [-0.1, -0.05) is 41.4 Å². The van der Waals surface area contributed by atoms with Crippen LogP contribution in [0.3, 0.4) is 0 Å². The highest BCUT2D eigenvalue weighted by Gasteiger charge is 2.16. The molecule has 7 nitrogen and oxygen atoms in total. The van der Waals surface area contributed by atoms with Crippen LogP contribution in [-0.2, 0) is 24.4 Å². The first-order valence-corrected chi connectivity index (χ1v) is 11.8. The molecule has 174 valence electrons. The molecule has 0 unspecified atom stereocenters. The van der Waals surface area contributed by atoms with Crippen LogP contribution in [0.4, 0.5) is 0 Å². The summed E-state index contributed by atoms with van der Waals surface area (Å²) in [5.41, 5.74) is 2.15. The van der Waals surface area contributed by atoms with E-state index in [-0.39, 0.29) is 36.8 Å². The summed E-state index contributed by atoms with van der Waals surface area (Å²) in [7, 11) is 0. The van der Waals surface area contributed by atoms with E-state index in [1.54, 1.807) is 35.7 Å². The van der Waals surface area contributed by atoms with Crippen molar-refractivity contribution in [2.75, 3.05) is 0 Å². The number of nitrogens with zero attached hydrogens (tertiary/aromatic N) is 1. The highest BCUT2D eigenvalue weighted by molar-refractivity contribution is 7.16. The van der Waals surface area contributed by atoms with Crippen LogP contribution < -0.4 is 5.56 Å². The molecule has 4 aromatic rings. The topological polar surface area (TPSA) is 109 Å². The third-order valence-electron chi connectivity index (χ3n) is 5.14. The number of carboxylic acid groups (broad SMARTS) is 1. The van der Waals surface area contributed by atoms with Gasteiger partial charge in [0.25, 0.3) is 5.56 Å². The molecule has 2 N–H and O–H groups in total. The van der Waals surface area contributed by atoms with Gasteiger partial charge < -0.3 is 14.8 Å². The molecule has 0 amide bonds. The fourth-order valence-corrected chi connectivity index (χ4v) is 4.59. The van der Waals surface area contributed by atoms with Crippen molar-refractivity contribution >= 4 is 56.5 Å². The Bertz CT molecular complexity index is 1430. The number of carboxylic acids is 1. The number of fused-ring (bicyclic) bond motifs is 1. The van der Waals surface area contributed by atoms with E-state index in [1.165, 1.54) is 23.5 Å². The molecule has 10 heteroatoms. The van der Waals surface area contributed by atoms with Crippen molar-refractivity contribution in [1.29, 1.82) is 0 Å². The van der Waals surface area contributed by atoms with Crippen molar-refractivity contribution in [2.24, 2.45) is 0 Å². The normalized spacial score (nSPS) is 11.1. The highest BCUT2D eigenvalue weighted by atomic mass is 35.5. The second kappa shape index (κ2) is 10.5. The number of ether oxygens (including phenoxy) is 1. The molecule has 0 aliphatic heterocycles. The van der Waals surface area contributed by atoms with Crippen LogP contribution >= 0.6 is 34.5 Å². The average molecular weight is 517 g/mol. The van der Waals surface area contributed by atoms with Gasteiger partial charge in [-0.15, -0.1) is 11.3 Å². The van der Waals surface area contributed by atoms with E-state index in [1.807, 2.05) is 0 Å². The summed E-state index contributed by atoms with van der Waals surface area (Å²) in [6.07, 6.45) is 0.600. The van der Waals surface area contributed by atoms with Gasteiger partial charge in [0.1, 0.15) is 4.83 Å². The van der Waals surface area contributed by atoms with Crippen molar-refractivity contribution < 1.29 is 19.4 Å². The molecule has 2 aromatic heterocycles. The molecule has 0 spiro atoms. The van der Waals surface area contributed by atoms with Crippen LogP contribution in [0, 0.1) is 0 Å². The number of H-pyrrole nitrogens is 1. The lowest BCUT2D eigenvalue weighted by molar-refractivity contribution is 0.0696. The van der Waals surface area contributed by atoms with Crippen molar-refractivity contribution in [3.63, 3.8) is 0 Å². The Morgan fingerprint density at radius 1 is 1.03 bits per heavy atom. The number of rotatable bonds is 9. The molecule has 0 aliphatic carbocycles. The standard InChI is InChI=1S/C24H18Cl2N2O5S/c25-17-7-3-13(9-18(17)26)4-8-19(29)21-27-22(30)20-16(12-34-23(20)28-21)11-33-10-14-1-5-15(6-2-14)24(31)32/h1-3,5-7,9,12H,4,8,10-11H2,(H,31,32)(H,27,28,30). The fraction of sp³-hybridized carbons (Fsp3) is 0.167. The van der Waals surface area contributed by atoms with Crippen molar-refractivity contribution in [3.8, 4) is 0 Å². The molecule has 2 aromatic carbocycles. The third kappa shape index (κ3) is 5.53. The zero-order chi connectivity index (χ0) is 24.2. The van der Waals surface area contributed by atoms with Crippen LogP contribution in [0.2, 0.25) is 10.0 Å². The summed E-state index contributed by atoms with van der Waals surface area (Å²) in [5.74, 6) is -1.25. The van der Waals surface area contributed by atoms with Gasteiger partial charge in [-0.25, -0.2) is 9.78 Å². The largest absolute Gasteiger partial charge is 0.478 e. The monoisotopic (exact) mass is 516 g/mol. The number of aromatic carboxylic acids is 1. The van der Waals surface area contributed by atoms with Crippen molar-refractivity contribution in [2.45, 2.75) is 26.1 Å². The number of hydrogen-bond donors (Lipinski definition) is 2. The molecule has 0 saturated carbocycles. The van der Waals surface area contributed by atoms with Gasteiger partial charge in [0, 0.05) is 12.0 Å². The SMILES string of the molecule is O=C(O)c1ccc(COCc2csc3nc(C(=O)CCc4ccc(Cl)c(Cl)c4)[nH]c(=O)c23)cc1. The maximum Gasteiger partial charge on any atom is 0.335 e.